The van der Waals surface area contributed by atoms with Crippen molar-refractivity contribution in [3.63, 3.8) is 0 Å². The lowest BCUT2D eigenvalue weighted by Gasteiger charge is -2.35. The van der Waals surface area contributed by atoms with Gasteiger partial charge in [-0.15, -0.1) is 0 Å². The largest absolute Gasteiger partial charge is 0.454 e. The Bertz CT molecular complexity index is 1030. The van der Waals surface area contributed by atoms with E-state index >= 15 is 0 Å². The molecule has 1 N–H and O–H groups in total. The van der Waals surface area contributed by atoms with Gasteiger partial charge in [0.2, 0.25) is 6.79 Å². The monoisotopic (exact) mass is 363 g/mol. The normalized spacial score (nSPS) is 19.5. The van der Waals surface area contributed by atoms with E-state index in [0.29, 0.717) is 18.3 Å². The predicted octanol–water partition coefficient (Wildman–Crippen LogP) is 3.38. The van der Waals surface area contributed by atoms with Crippen LogP contribution in [0, 0.1) is 0 Å². The maximum atomic E-state index is 12.7. The van der Waals surface area contributed by atoms with Crippen molar-refractivity contribution in [2.75, 3.05) is 13.3 Å². The van der Waals surface area contributed by atoms with E-state index in [1.807, 2.05) is 30.5 Å². The summed E-state index contributed by atoms with van der Waals surface area (Å²) in [6, 6.07) is 10.2. The Morgan fingerprint density at radius 3 is 2.93 bits per heavy atom. The molecule has 1 unspecified atom stereocenters. The van der Waals surface area contributed by atoms with Crippen molar-refractivity contribution in [2.24, 2.45) is 0 Å². The molecule has 0 spiro atoms. The molecule has 4 heterocycles. The van der Waals surface area contributed by atoms with Crippen LogP contribution < -0.4 is 15.0 Å². The van der Waals surface area contributed by atoms with Gasteiger partial charge in [0.1, 0.15) is 0 Å². The number of aromatic nitrogens is 2. The highest BCUT2D eigenvalue weighted by Crippen LogP contribution is 2.36. The minimum Gasteiger partial charge on any atom is -0.454 e. The van der Waals surface area contributed by atoms with Crippen LogP contribution in [0.4, 0.5) is 0 Å². The molecule has 0 amide bonds. The van der Waals surface area contributed by atoms with E-state index < -0.39 is 0 Å². The molecule has 27 heavy (non-hydrogen) atoms. The average Bonchev–Trinajstić information content (AvgIpc) is 3.15. The first kappa shape index (κ1) is 16.3. The first-order valence-electron chi connectivity index (χ1n) is 9.37. The van der Waals surface area contributed by atoms with Gasteiger partial charge in [-0.3, -0.25) is 14.7 Å². The Morgan fingerprint density at radius 1 is 1.19 bits per heavy atom. The number of hydrogen-bond acceptors (Lipinski definition) is 5. The smallest absolute Gasteiger partial charge is 0.252 e. The molecule has 138 valence electrons. The van der Waals surface area contributed by atoms with Crippen LogP contribution in [0.5, 0.6) is 11.5 Å². The molecule has 6 nitrogen and oxygen atoms in total. The number of pyridine rings is 2. The van der Waals surface area contributed by atoms with E-state index in [9.17, 15) is 4.79 Å². The topological polar surface area (TPSA) is 67.5 Å². The number of benzene rings is 1. The van der Waals surface area contributed by atoms with Gasteiger partial charge in [-0.2, -0.15) is 0 Å². The van der Waals surface area contributed by atoms with Crippen molar-refractivity contribution < 1.29 is 9.47 Å². The van der Waals surface area contributed by atoms with Gasteiger partial charge >= 0.3 is 0 Å². The Morgan fingerprint density at radius 2 is 2.07 bits per heavy atom. The quantitative estimate of drug-likeness (QED) is 0.773. The number of nitrogens with one attached hydrogen (secondary N) is 1. The van der Waals surface area contributed by atoms with E-state index in [-0.39, 0.29) is 12.4 Å². The fourth-order valence-electron chi connectivity index (χ4n) is 4.11. The summed E-state index contributed by atoms with van der Waals surface area (Å²) in [5.74, 6) is 1.41. The molecule has 6 heteroatoms. The van der Waals surface area contributed by atoms with Gasteiger partial charge in [0.15, 0.2) is 11.5 Å². The van der Waals surface area contributed by atoms with Gasteiger partial charge in [0.05, 0.1) is 5.52 Å². The van der Waals surface area contributed by atoms with Gasteiger partial charge in [-0.1, -0.05) is 12.5 Å². The standard InChI is InChI=1S/C21H21N3O3/c25-21-16(8-15-9-19-20(27-13-26-19)10-17(15)23-21)12-24-7-2-1-5-18(24)14-4-3-6-22-11-14/h3-4,6,8-11,18H,1-2,5,7,12-13H2,(H,23,25). The third-order valence-electron chi connectivity index (χ3n) is 5.47. The number of hydrogen-bond donors (Lipinski definition) is 1. The Labute approximate surface area is 156 Å². The molecule has 1 aromatic carbocycles. The first-order chi connectivity index (χ1) is 13.3. The lowest BCUT2D eigenvalue weighted by molar-refractivity contribution is 0.139. The van der Waals surface area contributed by atoms with Crippen molar-refractivity contribution in [3.05, 3.63) is 64.2 Å². The molecule has 1 atom stereocenters. The third kappa shape index (κ3) is 3.06. The maximum Gasteiger partial charge on any atom is 0.252 e. The van der Waals surface area contributed by atoms with Gasteiger partial charge < -0.3 is 14.5 Å². The highest BCUT2D eigenvalue weighted by atomic mass is 16.7. The highest BCUT2D eigenvalue weighted by molar-refractivity contribution is 5.83. The Hall–Kier alpha value is -2.86. The van der Waals surface area contributed by atoms with Gasteiger partial charge in [0.25, 0.3) is 5.56 Å². The van der Waals surface area contributed by atoms with Crippen molar-refractivity contribution in [1.29, 1.82) is 0 Å². The number of likely N-dealkylation sites (tertiary alicyclic amines) is 1. The van der Waals surface area contributed by atoms with Crippen LogP contribution in [0.3, 0.4) is 0 Å². The van der Waals surface area contributed by atoms with Gasteiger partial charge in [-0.05, 0) is 43.1 Å². The number of rotatable bonds is 3. The summed E-state index contributed by atoms with van der Waals surface area (Å²) >= 11 is 0. The number of nitrogens with zero attached hydrogens (tertiary/aromatic N) is 2. The minimum absolute atomic E-state index is 0.0446. The number of ether oxygens (including phenoxy) is 2. The van der Waals surface area contributed by atoms with Crippen LogP contribution in [0.15, 0.2) is 47.5 Å². The van der Waals surface area contributed by atoms with E-state index in [1.54, 1.807) is 6.20 Å². The van der Waals surface area contributed by atoms with E-state index in [4.69, 9.17) is 9.47 Å². The lowest BCUT2D eigenvalue weighted by atomic mass is 9.96. The molecule has 2 aliphatic rings. The Balaban J connectivity index is 1.48. The molecular formula is C21H21N3O3. The summed E-state index contributed by atoms with van der Waals surface area (Å²) in [4.78, 5) is 22.4. The van der Waals surface area contributed by atoms with Crippen molar-refractivity contribution in [3.8, 4) is 11.5 Å². The van der Waals surface area contributed by atoms with Crippen LogP contribution in [0.1, 0.15) is 36.4 Å². The lowest BCUT2D eigenvalue weighted by Crippen LogP contribution is -2.34. The summed E-state index contributed by atoms with van der Waals surface area (Å²) in [5, 5.41) is 0.962. The second-order valence-electron chi connectivity index (χ2n) is 7.18. The third-order valence-corrected chi connectivity index (χ3v) is 5.47. The number of H-pyrrole nitrogens is 1. The molecule has 0 radical (unpaired) electrons. The van der Waals surface area contributed by atoms with Crippen LogP contribution in [-0.2, 0) is 6.54 Å². The average molecular weight is 363 g/mol. The molecule has 3 aromatic rings. The van der Waals surface area contributed by atoms with E-state index in [0.717, 1.165) is 41.6 Å². The van der Waals surface area contributed by atoms with Crippen molar-refractivity contribution in [1.82, 2.24) is 14.9 Å². The fraction of sp³-hybridized carbons (Fsp3) is 0.333. The summed E-state index contributed by atoms with van der Waals surface area (Å²) < 4.78 is 10.9. The highest BCUT2D eigenvalue weighted by Gasteiger charge is 2.25. The number of fused-ring (bicyclic) bond motifs is 2. The summed E-state index contributed by atoms with van der Waals surface area (Å²) in [6.07, 6.45) is 7.19. The second kappa shape index (κ2) is 6.70. The molecule has 5 rings (SSSR count). The summed E-state index contributed by atoms with van der Waals surface area (Å²) in [6.45, 7) is 1.83. The molecule has 2 aromatic heterocycles. The maximum absolute atomic E-state index is 12.7. The van der Waals surface area contributed by atoms with Crippen molar-refractivity contribution in [2.45, 2.75) is 31.8 Å². The van der Waals surface area contributed by atoms with Crippen LogP contribution in [0.25, 0.3) is 10.9 Å². The van der Waals surface area contributed by atoms with Crippen molar-refractivity contribution >= 4 is 10.9 Å². The molecular weight excluding hydrogens is 342 g/mol. The van der Waals surface area contributed by atoms with E-state index in [1.165, 1.54) is 12.0 Å². The second-order valence-corrected chi connectivity index (χ2v) is 7.18. The zero-order chi connectivity index (χ0) is 18.2. The SMILES string of the molecule is O=c1[nH]c2cc3c(cc2cc1CN1CCCCC1c1cccnc1)OCO3. The Kier molecular flexibility index (Phi) is 4.05. The van der Waals surface area contributed by atoms with Gasteiger partial charge in [-0.25, -0.2) is 0 Å². The van der Waals surface area contributed by atoms with Crippen LogP contribution in [0.2, 0.25) is 0 Å². The van der Waals surface area contributed by atoms with Gasteiger partial charge in [0, 0.05) is 42.0 Å². The minimum atomic E-state index is -0.0446. The van der Waals surface area contributed by atoms with Crippen LogP contribution in [-0.4, -0.2) is 28.2 Å². The predicted molar refractivity (Wildman–Crippen MR) is 102 cm³/mol. The molecule has 2 aliphatic heterocycles. The fourth-order valence-corrected chi connectivity index (χ4v) is 4.11. The molecule has 0 aliphatic carbocycles. The summed E-state index contributed by atoms with van der Waals surface area (Å²) in [5.41, 5.74) is 2.72. The molecule has 1 saturated heterocycles. The molecule has 1 fully saturated rings. The summed E-state index contributed by atoms with van der Waals surface area (Å²) in [7, 11) is 0. The molecule has 0 bridgehead atoms. The zero-order valence-corrected chi connectivity index (χ0v) is 15.0. The van der Waals surface area contributed by atoms with E-state index in [2.05, 4.69) is 20.9 Å². The number of aromatic amines is 1. The molecule has 0 saturated carbocycles. The number of piperidine rings is 1. The zero-order valence-electron chi connectivity index (χ0n) is 15.0. The van der Waals surface area contributed by atoms with Crippen LogP contribution >= 0.6 is 0 Å². The first-order valence-corrected chi connectivity index (χ1v) is 9.37.